The number of non-ortho nitro benzene ring substituents is 1. The lowest BCUT2D eigenvalue weighted by Crippen LogP contribution is -2.44. The highest BCUT2D eigenvalue weighted by Crippen LogP contribution is 2.24. The summed E-state index contributed by atoms with van der Waals surface area (Å²) in [5.74, 6) is -2.10. The van der Waals surface area contributed by atoms with Crippen molar-refractivity contribution in [1.29, 1.82) is 0 Å². The maximum Gasteiger partial charge on any atom is 0.326 e. The Hall–Kier alpha value is -2.32. The van der Waals surface area contributed by atoms with Crippen LogP contribution in [0.15, 0.2) is 24.4 Å². The number of amides is 1. The van der Waals surface area contributed by atoms with E-state index in [1.165, 1.54) is 24.4 Å². The molecule has 10 heteroatoms. The summed E-state index contributed by atoms with van der Waals surface area (Å²) < 4.78 is 0. The molecule has 0 saturated carbocycles. The van der Waals surface area contributed by atoms with Crippen LogP contribution in [-0.2, 0) is 16.0 Å². The van der Waals surface area contributed by atoms with Crippen LogP contribution in [0.3, 0.4) is 0 Å². The van der Waals surface area contributed by atoms with E-state index in [0.717, 1.165) is 0 Å². The summed E-state index contributed by atoms with van der Waals surface area (Å²) in [4.78, 5) is 34.5. The number of halogens is 2. The first-order chi connectivity index (χ1) is 10.8. The van der Waals surface area contributed by atoms with Crippen LogP contribution < -0.4 is 5.32 Å². The van der Waals surface area contributed by atoms with Crippen molar-refractivity contribution in [3.05, 3.63) is 40.1 Å². The number of benzene rings is 1. The molecule has 1 amide bonds. The van der Waals surface area contributed by atoms with E-state index in [9.17, 15) is 24.8 Å². The molecule has 1 aromatic heterocycles. The third-order valence-electron chi connectivity index (χ3n) is 3.20. The molecule has 1 atom stereocenters. The van der Waals surface area contributed by atoms with E-state index in [2.05, 4.69) is 10.3 Å². The van der Waals surface area contributed by atoms with Crippen LogP contribution in [0, 0.1) is 10.1 Å². The number of fused-ring (bicyclic) bond motifs is 1. The van der Waals surface area contributed by atoms with E-state index in [1.807, 2.05) is 0 Å². The van der Waals surface area contributed by atoms with Gasteiger partial charge in [0.05, 0.1) is 4.92 Å². The summed E-state index contributed by atoms with van der Waals surface area (Å²) in [6.07, 6.45) is 1.46. The molecule has 0 aliphatic rings. The highest BCUT2D eigenvalue weighted by molar-refractivity contribution is 6.53. The molecule has 0 aliphatic carbocycles. The molecule has 0 saturated heterocycles. The Bertz CT molecular complexity index is 774. The third-order valence-corrected chi connectivity index (χ3v) is 3.60. The summed E-state index contributed by atoms with van der Waals surface area (Å²) in [7, 11) is 0. The van der Waals surface area contributed by atoms with Gasteiger partial charge in [-0.05, 0) is 11.6 Å². The van der Waals surface area contributed by atoms with Gasteiger partial charge >= 0.3 is 5.97 Å². The monoisotopic (exact) mass is 359 g/mol. The Morgan fingerprint density at radius 3 is 2.65 bits per heavy atom. The minimum absolute atomic E-state index is 0.0806. The number of carboxylic acids is 1. The highest BCUT2D eigenvalue weighted by Gasteiger charge is 2.24. The van der Waals surface area contributed by atoms with Crippen LogP contribution in [0.1, 0.15) is 5.56 Å². The molecule has 3 N–H and O–H groups in total. The first-order valence-electron chi connectivity index (χ1n) is 6.35. The summed E-state index contributed by atoms with van der Waals surface area (Å²) >= 11 is 10.8. The third kappa shape index (κ3) is 3.91. The Morgan fingerprint density at radius 2 is 2.09 bits per heavy atom. The molecule has 0 radical (unpaired) electrons. The standard InChI is InChI=1S/C13H11Cl2N3O5/c14-11(15)12(19)17-10(13(20)21)3-6-5-16-9-2-1-7(18(22)23)4-8(6)9/h1-2,4-5,10-11,16H,3H2,(H,17,19)(H,20,21)/t10-/m0/s1. The molecule has 2 aromatic rings. The van der Waals surface area contributed by atoms with Crippen molar-refractivity contribution in [3.8, 4) is 0 Å². The first kappa shape index (κ1) is 17.0. The fourth-order valence-electron chi connectivity index (χ4n) is 2.10. The van der Waals surface area contributed by atoms with Crippen molar-refractivity contribution in [2.45, 2.75) is 17.3 Å². The number of aliphatic carboxylic acids is 1. The van der Waals surface area contributed by atoms with Crippen LogP contribution >= 0.6 is 23.2 Å². The largest absolute Gasteiger partial charge is 0.480 e. The van der Waals surface area contributed by atoms with Gasteiger partial charge in [0.1, 0.15) is 6.04 Å². The van der Waals surface area contributed by atoms with Crippen molar-refractivity contribution < 1.29 is 19.6 Å². The minimum Gasteiger partial charge on any atom is -0.480 e. The van der Waals surface area contributed by atoms with E-state index >= 15 is 0 Å². The molecule has 23 heavy (non-hydrogen) atoms. The van der Waals surface area contributed by atoms with Crippen molar-refractivity contribution in [3.63, 3.8) is 0 Å². The number of aromatic nitrogens is 1. The molecule has 1 aromatic carbocycles. The number of nitro groups is 1. The van der Waals surface area contributed by atoms with E-state index < -0.39 is 27.7 Å². The van der Waals surface area contributed by atoms with Crippen molar-refractivity contribution >= 4 is 51.7 Å². The second kappa shape index (κ2) is 6.84. The number of carbonyl (C=O) groups is 2. The molecule has 8 nitrogen and oxygen atoms in total. The summed E-state index contributed by atoms with van der Waals surface area (Å²) in [6.45, 7) is 0. The van der Waals surface area contributed by atoms with E-state index in [-0.39, 0.29) is 12.1 Å². The number of alkyl halides is 2. The number of carboxylic acid groups (broad SMARTS) is 1. The SMILES string of the molecule is O=C(N[C@@H](Cc1c[nH]c2ccc([N+](=O)[O-])cc12)C(=O)O)C(Cl)Cl. The maximum atomic E-state index is 11.5. The maximum absolute atomic E-state index is 11.5. The molecule has 0 fully saturated rings. The highest BCUT2D eigenvalue weighted by atomic mass is 35.5. The van der Waals surface area contributed by atoms with E-state index in [1.54, 1.807) is 0 Å². The number of nitro benzene ring substituents is 1. The van der Waals surface area contributed by atoms with Crippen molar-refractivity contribution in [2.24, 2.45) is 0 Å². The number of nitrogens with one attached hydrogen (secondary N) is 2. The number of carbonyl (C=O) groups excluding carboxylic acids is 1. The lowest BCUT2D eigenvalue weighted by atomic mass is 10.0. The molecular weight excluding hydrogens is 349 g/mol. The number of aromatic amines is 1. The Kier molecular flexibility index (Phi) is 5.07. The zero-order valence-electron chi connectivity index (χ0n) is 11.5. The zero-order valence-corrected chi connectivity index (χ0v) is 13.0. The second-order valence-corrected chi connectivity index (χ2v) is 5.80. The lowest BCUT2D eigenvalue weighted by Gasteiger charge is -2.14. The van der Waals surface area contributed by atoms with Gasteiger partial charge in [0.15, 0.2) is 4.84 Å². The average molecular weight is 360 g/mol. The van der Waals surface area contributed by atoms with Gasteiger partial charge in [0, 0.05) is 35.7 Å². The van der Waals surface area contributed by atoms with E-state index in [4.69, 9.17) is 23.2 Å². The second-order valence-electron chi connectivity index (χ2n) is 4.71. The number of nitrogens with zero attached hydrogens (tertiary/aromatic N) is 1. The fourth-order valence-corrected chi connectivity index (χ4v) is 2.23. The fraction of sp³-hybridized carbons (Fsp3) is 0.231. The average Bonchev–Trinajstić information content (AvgIpc) is 2.88. The number of rotatable bonds is 6. The predicted octanol–water partition coefficient (Wildman–Crippen LogP) is 1.99. The van der Waals surface area contributed by atoms with Crippen LogP contribution in [-0.4, -0.2) is 37.8 Å². The minimum atomic E-state index is -1.39. The molecule has 0 aliphatic heterocycles. The van der Waals surface area contributed by atoms with Crippen LogP contribution in [0.4, 0.5) is 5.69 Å². The zero-order chi connectivity index (χ0) is 17.1. The molecule has 0 unspecified atom stereocenters. The van der Waals surface area contributed by atoms with Gasteiger partial charge in [-0.25, -0.2) is 4.79 Å². The topological polar surface area (TPSA) is 125 Å². The lowest BCUT2D eigenvalue weighted by molar-refractivity contribution is -0.384. The smallest absolute Gasteiger partial charge is 0.326 e. The van der Waals surface area contributed by atoms with Gasteiger partial charge in [0.2, 0.25) is 0 Å². The summed E-state index contributed by atoms with van der Waals surface area (Å²) in [5, 5.41) is 22.8. The van der Waals surface area contributed by atoms with Crippen LogP contribution in [0.5, 0.6) is 0 Å². The molecule has 122 valence electrons. The molecular formula is C13H11Cl2N3O5. The van der Waals surface area contributed by atoms with Crippen molar-refractivity contribution in [1.82, 2.24) is 10.3 Å². The number of H-pyrrole nitrogens is 1. The van der Waals surface area contributed by atoms with Gasteiger partial charge in [-0.3, -0.25) is 14.9 Å². The summed E-state index contributed by atoms with van der Waals surface area (Å²) in [6, 6.07) is 2.94. The van der Waals surface area contributed by atoms with Crippen LogP contribution in [0.2, 0.25) is 0 Å². The molecule has 1 heterocycles. The van der Waals surface area contributed by atoms with E-state index in [0.29, 0.717) is 16.5 Å². The molecule has 2 rings (SSSR count). The van der Waals surface area contributed by atoms with Gasteiger partial charge in [-0.2, -0.15) is 0 Å². The van der Waals surface area contributed by atoms with Gasteiger partial charge in [0.25, 0.3) is 11.6 Å². The van der Waals surface area contributed by atoms with Crippen LogP contribution in [0.25, 0.3) is 10.9 Å². The van der Waals surface area contributed by atoms with Crippen molar-refractivity contribution in [2.75, 3.05) is 0 Å². The summed E-state index contributed by atoms with van der Waals surface area (Å²) in [5.41, 5.74) is 1.02. The molecule has 0 bridgehead atoms. The number of hydrogen-bond donors (Lipinski definition) is 3. The quantitative estimate of drug-likeness (QED) is 0.413. The van der Waals surface area contributed by atoms with Gasteiger partial charge in [-0.15, -0.1) is 0 Å². The molecule has 0 spiro atoms. The Morgan fingerprint density at radius 1 is 1.39 bits per heavy atom. The number of hydrogen-bond acceptors (Lipinski definition) is 4. The van der Waals surface area contributed by atoms with Gasteiger partial charge < -0.3 is 15.4 Å². The normalized spacial score (nSPS) is 12.3. The Balaban J connectivity index is 2.31. The predicted molar refractivity (Wildman–Crippen MR) is 83.7 cm³/mol. The first-order valence-corrected chi connectivity index (χ1v) is 7.22. The Labute approximate surface area is 139 Å². The van der Waals surface area contributed by atoms with Gasteiger partial charge in [-0.1, -0.05) is 23.2 Å².